The van der Waals surface area contributed by atoms with Gasteiger partial charge in [0.15, 0.2) is 0 Å². The lowest BCUT2D eigenvalue weighted by molar-refractivity contribution is -0.148. The molecule has 1 saturated heterocycles. The molecule has 2 rings (SSSR count). The van der Waals surface area contributed by atoms with Crippen LogP contribution >= 0.6 is 0 Å². The SMILES string of the molecule is O=C(O)C(Cc1cccnc1)N1CC(S(=O)(=O)F)CC1=O. The fourth-order valence-corrected chi connectivity index (χ4v) is 2.94. The molecule has 0 aliphatic carbocycles. The van der Waals surface area contributed by atoms with Crippen LogP contribution in [0.15, 0.2) is 24.5 Å². The standard InChI is InChI=1S/C12H13FN2O5S/c13-21(19,20)9-5-11(16)15(7-9)10(12(17)18)4-8-2-1-3-14-6-8/h1-3,6,9-10H,4-5,7H2,(H,17,18). The molecule has 1 aromatic heterocycles. The molecule has 0 aromatic carbocycles. The summed E-state index contributed by atoms with van der Waals surface area (Å²) in [5, 5.41) is 7.75. The third-order valence-electron chi connectivity index (χ3n) is 3.33. The summed E-state index contributed by atoms with van der Waals surface area (Å²) in [6.07, 6.45) is 2.43. The van der Waals surface area contributed by atoms with Crippen LogP contribution in [0.2, 0.25) is 0 Å². The van der Waals surface area contributed by atoms with Gasteiger partial charge in [-0.05, 0) is 11.6 Å². The van der Waals surface area contributed by atoms with Crippen molar-refractivity contribution in [3.8, 4) is 0 Å². The number of rotatable bonds is 5. The van der Waals surface area contributed by atoms with E-state index in [4.69, 9.17) is 0 Å². The van der Waals surface area contributed by atoms with Gasteiger partial charge in [-0.2, -0.15) is 8.42 Å². The predicted molar refractivity (Wildman–Crippen MR) is 69.5 cm³/mol. The van der Waals surface area contributed by atoms with Crippen LogP contribution in [0, 0.1) is 0 Å². The first-order valence-corrected chi connectivity index (χ1v) is 7.58. The lowest BCUT2D eigenvalue weighted by Gasteiger charge is -2.24. The Morgan fingerprint density at radius 3 is 2.76 bits per heavy atom. The van der Waals surface area contributed by atoms with Crippen molar-refractivity contribution in [2.75, 3.05) is 6.54 Å². The van der Waals surface area contributed by atoms with Crippen LogP contribution in [-0.4, -0.2) is 53.1 Å². The number of carboxylic acids is 1. The van der Waals surface area contributed by atoms with E-state index >= 15 is 0 Å². The van der Waals surface area contributed by atoms with Crippen LogP contribution in [0.3, 0.4) is 0 Å². The molecule has 9 heteroatoms. The van der Waals surface area contributed by atoms with Gasteiger partial charge in [0.25, 0.3) is 0 Å². The number of likely N-dealkylation sites (tertiary alicyclic amines) is 1. The lowest BCUT2D eigenvalue weighted by atomic mass is 10.1. The van der Waals surface area contributed by atoms with E-state index in [1.807, 2.05) is 0 Å². The van der Waals surface area contributed by atoms with E-state index in [1.54, 1.807) is 12.1 Å². The molecule has 0 radical (unpaired) electrons. The number of pyridine rings is 1. The number of carbonyl (C=O) groups is 2. The first kappa shape index (κ1) is 15.4. The van der Waals surface area contributed by atoms with E-state index in [2.05, 4.69) is 4.98 Å². The van der Waals surface area contributed by atoms with Crippen molar-refractivity contribution >= 4 is 22.1 Å². The van der Waals surface area contributed by atoms with Crippen LogP contribution < -0.4 is 0 Å². The number of hydrogen-bond acceptors (Lipinski definition) is 5. The lowest BCUT2D eigenvalue weighted by Crippen LogP contribution is -2.44. The number of aliphatic carboxylic acids is 1. The van der Waals surface area contributed by atoms with Gasteiger partial charge in [-0.3, -0.25) is 9.78 Å². The first-order chi connectivity index (χ1) is 9.79. The maximum absolute atomic E-state index is 13.0. The average molecular weight is 316 g/mol. The molecule has 1 fully saturated rings. The van der Waals surface area contributed by atoms with Crippen molar-refractivity contribution in [3.63, 3.8) is 0 Å². The van der Waals surface area contributed by atoms with E-state index in [0.29, 0.717) is 5.56 Å². The Labute approximate surface area is 120 Å². The Balaban J connectivity index is 2.20. The fourth-order valence-electron chi connectivity index (χ4n) is 2.26. The topological polar surface area (TPSA) is 105 Å². The summed E-state index contributed by atoms with van der Waals surface area (Å²) in [6, 6.07) is 2.02. The van der Waals surface area contributed by atoms with Crippen molar-refractivity contribution in [3.05, 3.63) is 30.1 Å². The summed E-state index contributed by atoms with van der Waals surface area (Å²) < 4.78 is 34.7. The molecule has 0 bridgehead atoms. The number of aromatic nitrogens is 1. The highest BCUT2D eigenvalue weighted by Gasteiger charge is 2.43. The Morgan fingerprint density at radius 2 is 2.29 bits per heavy atom. The van der Waals surface area contributed by atoms with Gasteiger partial charge < -0.3 is 10.0 Å². The summed E-state index contributed by atoms with van der Waals surface area (Å²) in [5.41, 5.74) is 0.587. The predicted octanol–water partition coefficient (Wildman–Crippen LogP) is -0.0225. The van der Waals surface area contributed by atoms with Crippen molar-refractivity contribution in [1.82, 2.24) is 9.88 Å². The number of hydrogen-bond donors (Lipinski definition) is 1. The van der Waals surface area contributed by atoms with E-state index in [0.717, 1.165) is 4.90 Å². The molecular formula is C12H13FN2O5S. The zero-order valence-electron chi connectivity index (χ0n) is 10.8. The van der Waals surface area contributed by atoms with E-state index in [9.17, 15) is 27.0 Å². The second-order valence-electron chi connectivity index (χ2n) is 4.77. The van der Waals surface area contributed by atoms with E-state index in [-0.39, 0.29) is 6.42 Å². The first-order valence-electron chi connectivity index (χ1n) is 6.13. The maximum Gasteiger partial charge on any atom is 0.326 e. The Morgan fingerprint density at radius 1 is 1.57 bits per heavy atom. The molecule has 1 aliphatic heterocycles. The molecule has 1 N–H and O–H groups in total. The van der Waals surface area contributed by atoms with Gasteiger partial charge in [-0.1, -0.05) is 6.07 Å². The maximum atomic E-state index is 13.0. The van der Waals surface area contributed by atoms with Gasteiger partial charge in [0.1, 0.15) is 11.3 Å². The molecule has 2 atom stereocenters. The second-order valence-corrected chi connectivity index (χ2v) is 6.39. The normalized spacial score (nSPS) is 20.5. The summed E-state index contributed by atoms with van der Waals surface area (Å²) in [6.45, 7) is -0.450. The average Bonchev–Trinajstić information content (AvgIpc) is 2.79. The zero-order valence-corrected chi connectivity index (χ0v) is 11.7. The molecule has 2 heterocycles. The Bertz CT molecular complexity index is 649. The van der Waals surface area contributed by atoms with Gasteiger partial charge in [0.05, 0.1) is 0 Å². The zero-order chi connectivity index (χ0) is 15.6. The molecule has 1 amide bonds. The minimum absolute atomic E-state index is 0.0199. The van der Waals surface area contributed by atoms with Crippen molar-refractivity contribution in [2.24, 2.45) is 0 Å². The van der Waals surface area contributed by atoms with Crippen molar-refractivity contribution in [1.29, 1.82) is 0 Å². The highest BCUT2D eigenvalue weighted by atomic mass is 32.3. The number of nitrogens with zero attached hydrogens (tertiary/aromatic N) is 2. The highest BCUT2D eigenvalue weighted by Crippen LogP contribution is 2.23. The summed E-state index contributed by atoms with van der Waals surface area (Å²) in [7, 11) is -4.87. The van der Waals surface area contributed by atoms with Crippen LogP contribution in [-0.2, 0) is 26.2 Å². The van der Waals surface area contributed by atoms with E-state index < -0.39 is 46.4 Å². The van der Waals surface area contributed by atoms with Crippen LogP contribution in [0.5, 0.6) is 0 Å². The summed E-state index contributed by atoms with van der Waals surface area (Å²) in [4.78, 5) is 27.9. The van der Waals surface area contributed by atoms with Gasteiger partial charge in [-0.25, -0.2) is 4.79 Å². The molecule has 21 heavy (non-hydrogen) atoms. The molecule has 2 unspecified atom stereocenters. The quantitative estimate of drug-likeness (QED) is 0.765. The van der Waals surface area contributed by atoms with Gasteiger partial charge >= 0.3 is 16.2 Å². The largest absolute Gasteiger partial charge is 0.480 e. The second kappa shape index (κ2) is 5.76. The molecular weight excluding hydrogens is 303 g/mol. The van der Waals surface area contributed by atoms with Crippen molar-refractivity contribution in [2.45, 2.75) is 24.1 Å². The van der Waals surface area contributed by atoms with Gasteiger partial charge in [0, 0.05) is 31.8 Å². The van der Waals surface area contributed by atoms with Crippen molar-refractivity contribution < 1.29 is 27.0 Å². The molecule has 1 aromatic rings. The fraction of sp³-hybridized carbons (Fsp3) is 0.417. The smallest absolute Gasteiger partial charge is 0.326 e. The summed E-state index contributed by atoms with van der Waals surface area (Å²) >= 11 is 0. The minimum Gasteiger partial charge on any atom is -0.480 e. The number of carbonyl (C=O) groups excluding carboxylic acids is 1. The Kier molecular flexibility index (Phi) is 4.21. The number of carboxylic acid groups (broad SMARTS) is 1. The monoisotopic (exact) mass is 316 g/mol. The van der Waals surface area contributed by atoms with Gasteiger partial charge in [-0.15, -0.1) is 3.89 Å². The number of amides is 1. The third-order valence-corrected chi connectivity index (χ3v) is 4.45. The highest BCUT2D eigenvalue weighted by molar-refractivity contribution is 7.87. The summed E-state index contributed by atoms with van der Waals surface area (Å²) in [5.74, 6) is -1.96. The van der Waals surface area contributed by atoms with Crippen LogP contribution in [0.4, 0.5) is 3.89 Å². The Hall–Kier alpha value is -2.03. The minimum atomic E-state index is -4.87. The molecule has 7 nitrogen and oxygen atoms in total. The molecule has 0 saturated carbocycles. The van der Waals surface area contributed by atoms with Crippen LogP contribution in [0.25, 0.3) is 0 Å². The molecule has 1 aliphatic rings. The molecule has 114 valence electrons. The van der Waals surface area contributed by atoms with Gasteiger partial charge in [0.2, 0.25) is 5.91 Å². The number of halogens is 1. The van der Waals surface area contributed by atoms with Crippen LogP contribution in [0.1, 0.15) is 12.0 Å². The third kappa shape index (κ3) is 3.54. The molecule has 0 spiro atoms. The van der Waals surface area contributed by atoms with E-state index in [1.165, 1.54) is 12.4 Å².